The molecule has 2 aromatic carbocycles. The molecule has 29 heavy (non-hydrogen) atoms. The number of benzene rings is 2. The van der Waals surface area contributed by atoms with Gasteiger partial charge < -0.3 is 20.1 Å². The number of aromatic nitrogens is 1. The average molecular weight is 434 g/mol. The van der Waals surface area contributed by atoms with E-state index in [1.54, 1.807) is 0 Å². The Morgan fingerprint density at radius 3 is 2.86 bits per heavy atom. The molecule has 3 unspecified atom stereocenters. The van der Waals surface area contributed by atoms with Crippen LogP contribution < -0.4 is 14.8 Å². The zero-order chi connectivity index (χ0) is 20.4. The summed E-state index contributed by atoms with van der Waals surface area (Å²) in [7, 11) is -1.15. The van der Waals surface area contributed by atoms with E-state index >= 15 is 0 Å². The standard InChI is InChI=1S/C21H24ClN3O3S/c1-29(27)24-11-15(26)12-28-16-5-2-13(3-6-16)20-21-17(8-9-23-20)18-10-14(22)4-7-19(18)25-21/h2-7,10,15,20,23-26H,8-9,11-12H2,1H3. The number of ether oxygens (including phenoxy) is 1. The normalized spacial score (nSPS) is 18.4. The summed E-state index contributed by atoms with van der Waals surface area (Å²) in [6.07, 6.45) is 1.76. The topological polar surface area (TPSA) is 86.4 Å². The van der Waals surface area contributed by atoms with Gasteiger partial charge in [0.2, 0.25) is 0 Å². The first-order chi connectivity index (χ1) is 14.0. The summed E-state index contributed by atoms with van der Waals surface area (Å²) in [4.78, 5) is 3.55. The molecule has 3 aromatic rings. The average Bonchev–Trinajstić information content (AvgIpc) is 3.09. The zero-order valence-electron chi connectivity index (χ0n) is 16.1. The van der Waals surface area contributed by atoms with Gasteiger partial charge in [-0.1, -0.05) is 23.7 Å². The van der Waals surface area contributed by atoms with Crippen LogP contribution in [0.25, 0.3) is 10.9 Å². The van der Waals surface area contributed by atoms with Gasteiger partial charge in [0.15, 0.2) is 0 Å². The number of aliphatic hydroxyl groups is 1. The van der Waals surface area contributed by atoms with Crippen molar-refractivity contribution >= 4 is 33.5 Å². The van der Waals surface area contributed by atoms with Crippen LogP contribution in [0.3, 0.4) is 0 Å². The van der Waals surface area contributed by atoms with Crippen molar-refractivity contribution in [1.82, 2.24) is 15.0 Å². The van der Waals surface area contributed by atoms with Crippen LogP contribution >= 0.6 is 11.6 Å². The summed E-state index contributed by atoms with van der Waals surface area (Å²) >= 11 is 6.20. The van der Waals surface area contributed by atoms with Crippen molar-refractivity contribution in [2.45, 2.75) is 18.6 Å². The van der Waals surface area contributed by atoms with Crippen molar-refractivity contribution in [3.8, 4) is 5.75 Å². The smallest absolute Gasteiger partial charge is 0.119 e. The van der Waals surface area contributed by atoms with Gasteiger partial charge in [0.25, 0.3) is 0 Å². The van der Waals surface area contributed by atoms with Gasteiger partial charge in [0.1, 0.15) is 18.5 Å². The SMILES string of the molecule is CS(=O)NCC(O)COc1ccc(C2NCCc3c2[nH]c2ccc(Cl)cc32)cc1. The van der Waals surface area contributed by atoms with Crippen LogP contribution in [-0.4, -0.2) is 46.4 Å². The van der Waals surface area contributed by atoms with E-state index in [1.165, 1.54) is 22.9 Å². The third-order valence-corrected chi connectivity index (χ3v) is 5.90. The number of rotatable bonds is 7. The highest BCUT2D eigenvalue weighted by Gasteiger charge is 2.25. The second-order valence-electron chi connectivity index (χ2n) is 7.18. The molecule has 0 amide bonds. The maximum absolute atomic E-state index is 11.0. The highest BCUT2D eigenvalue weighted by atomic mass is 35.5. The quantitative estimate of drug-likeness (QED) is 0.461. The zero-order valence-corrected chi connectivity index (χ0v) is 17.6. The number of aliphatic hydroxyl groups excluding tert-OH is 1. The van der Waals surface area contributed by atoms with Crippen molar-refractivity contribution in [2.24, 2.45) is 0 Å². The van der Waals surface area contributed by atoms with Crippen LogP contribution in [0.5, 0.6) is 5.75 Å². The molecule has 1 aliphatic rings. The number of H-pyrrole nitrogens is 1. The van der Waals surface area contributed by atoms with Crippen molar-refractivity contribution < 1.29 is 14.1 Å². The van der Waals surface area contributed by atoms with E-state index in [9.17, 15) is 9.32 Å². The molecule has 0 fully saturated rings. The van der Waals surface area contributed by atoms with Crippen molar-refractivity contribution in [3.63, 3.8) is 0 Å². The lowest BCUT2D eigenvalue weighted by Gasteiger charge is -2.25. The second-order valence-corrected chi connectivity index (χ2v) is 8.81. The maximum atomic E-state index is 11.0. The molecule has 8 heteroatoms. The largest absolute Gasteiger partial charge is 0.491 e. The Morgan fingerprint density at radius 1 is 1.31 bits per heavy atom. The fourth-order valence-electron chi connectivity index (χ4n) is 3.71. The molecule has 0 radical (unpaired) electrons. The molecule has 0 saturated heterocycles. The molecule has 3 atom stereocenters. The summed E-state index contributed by atoms with van der Waals surface area (Å²) < 4.78 is 19.3. The van der Waals surface area contributed by atoms with E-state index in [2.05, 4.69) is 15.0 Å². The summed E-state index contributed by atoms with van der Waals surface area (Å²) in [5, 5.41) is 15.4. The Bertz CT molecular complexity index is 1020. The summed E-state index contributed by atoms with van der Waals surface area (Å²) in [6.45, 7) is 1.26. The molecular weight excluding hydrogens is 410 g/mol. The van der Waals surface area contributed by atoms with E-state index in [4.69, 9.17) is 16.3 Å². The van der Waals surface area contributed by atoms with E-state index in [1.807, 2.05) is 42.5 Å². The van der Waals surface area contributed by atoms with Crippen molar-refractivity contribution in [3.05, 3.63) is 64.3 Å². The fraction of sp³-hybridized carbons (Fsp3) is 0.333. The molecular formula is C21H24ClN3O3S. The lowest BCUT2D eigenvalue weighted by molar-refractivity contribution is 0.111. The van der Waals surface area contributed by atoms with Crippen molar-refractivity contribution in [2.75, 3.05) is 26.0 Å². The number of halogens is 1. The maximum Gasteiger partial charge on any atom is 0.119 e. The van der Waals surface area contributed by atoms with Crippen LogP contribution in [0, 0.1) is 0 Å². The van der Waals surface area contributed by atoms with Gasteiger partial charge in [-0.3, -0.25) is 0 Å². The van der Waals surface area contributed by atoms with Crippen LogP contribution in [0.4, 0.5) is 0 Å². The number of hydrogen-bond acceptors (Lipinski definition) is 4. The van der Waals surface area contributed by atoms with Crippen LogP contribution in [0.1, 0.15) is 22.9 Å². The second kappa shape index (κ2) is 8.85. The summed E-state index contributed by atoms with van der Waals surface area (Å²) in [6, 6.07) is 13.9. The van der Waals surface area contributed by atoms with Gasteiger partial charge in [-0.25, -0.2) is 8.93 Å². The summed E-state index contributed by atoms with van der Waals surface area (Å²) in [5.41, 5.74) is 4.73. The Kier molecular flexibility index (Phi) is 6.22. The minimum absolute atomic E-state index is 0.0771. The van der Waals surface area contributed by atoms with E-state index in [0.717, 1.165) is 29.1 Å². The molecule has 4 N–H and O–H groups in total. The Labute approximate surface area is 177 Å². The summed E-state index contributed by atoms with van der Waals surface area (Å²) in [5.74, 6) is 0.685. The highest BCUT2D eigenvalue weighted by Crippen LogP contribution is 2.35. The molecule has 0 bridgehead atoms. The number of nitrogens with one attached hydrogen (secondary N) is 3. The molecule has 1 aliphatic heterocycles. The van der Waals surface area contributed by atoms with E-state index < -0.39 is 17.1 Å². The Morgan fingerprint density at radius 2 is 2.10 bits per heavy atom. The van der Waals surface area contributed by atoms with Gasteiger partial charge in [0.05, 0.1) is 17.0 Å². The molecule has 0 aliphatic carbocycles. The fourth-order valence-corrected chi connectivity index (χ4v) is 4.31. The molecule has 154 valence electrons. The molecule has 0 saturated carbocycles. The monoisotopic (exact) mass is 433 g/mol. The Balaban J connectivity index is 1.48. The lowest BCUT2D eigenvalue weighted by Crippen LogP contribution is -2.32. The lowest BCUT2D eigenvalue weighted by atomic mass is 9.94. The first kappa shape index (κ1) is 20.4. The van der Waals surface area contributed by atoms with Gasteiger partial charge in [-0.2, -0.15) is 0 Å². The van der Waals surface area contributed by atoms with Gasteiger partial charge in [-0.15, -0.1) is 0 Å². The van der Waals surface area contributed by atoms with Crippen LogP contribution in [-0.2, 0) is 17.4 Å². The predicted octanol–water partition coefficient (Wildman–Crippen LogP) is 2.68. The van der Waals surface area contributed by atoms with E-state index in [-0.39, 0.29) is 19.2 Å². The van der Waals surface area contributed by atoms with Crippen LogP contribution in [0.15, 0.2) is 42.5 Å². The third kappa shape index (κ3) is 4.65. The first-order valence-electron chi connectivity index (χ1n) is 9.52. The van der Waals surface area contributed by atoms with Crippen LogP contribution in [0.2, 0.25) is 5.02 Å². The molecule has 1 aromatic heterocycles. The molecule has 0 spiro atoms. The van der Waals surface area contributed by atoms with Gasteiger partial charge in [-0.05, 0) is 47.9 Å². The van der Waals surface area contributed by atoms with Gasteiger partial charge >= 0.3 is 0 Å². The minimum Gasteiger partial charge on any atom is -0.491 e. The molecule has 6 nitrogen and oxygen atoms in total. The molecule has 4 rings (SSSR count). The van der Waals surface area contributed by atoms with Gasteiger partial charge in [0, 0.05) is 41.0 Å². The Hall–Kier alpha value is -1.90. The van der Waals surface area contributed by atoms with Crippen molar-refractivity contribution in [1.29, 1.82) is 0 Å². The predicted molar refractivity (Wildman–Crippen MR) is 117 cm³/mol. The highest BCUT2D eigenvalue weighted by molar-refractivity contribution is 7.82. The number of hydrogen-bond donors (Lipinski definition) is 4. The minimum atomic E-state index is -1.15. The number of aromatic amines is 1. The van der Waals surface area contributed by atoms with E-state index in [0.29, 0.717) is 5.75 Å². The molecule has 2 heterocycles. The number of fused-ring (bicyclic) bond motifs is 3. The first-order valence-corrected chi connectivity index (χ1v) is 11.5. The third-order valence-electron chi connectivity index (χ3n) is 5.09.